The molecule has 136 valence electrons. The van der Waals surface area contributed by atoms with Gasteiger partial charge in [-0.3, -0.25) is 14.4 Å². The molecule has 7 N–H and O–H groups in total. The molecule has 0 aliphatic rings. The maximum absolute atomic E-state index is 12.0. The van der Waals surface area contributed by atoms with Crippen LogP contribution in [0.15, 0.2) is 0 Å². The molecule has 4 amide bonds. The van der Waals surface area contributed by atoms with Crippen LogP contribution in [0, 0.1) is 0 Å². The number of hydrogen-bond donors (Lipinski definition) is 7. The lowest BCUT2D eigenvalue weighted by atomic mass is 10.1. The van der Waals surface area contributed by atoms with Crippen molar-refractivity contribution in [3.05, 3.63) is 0 Å². The molecule has 0 saturated heterocycles. The second kappa shape index (κ2) is 9.86. The van der Waals surface area contributed by atoms with E-state index in [1.54, 1.807) is 0 Å². The summed E-state index contributed by atoms with van der Waals surface area (Å²) in [6.07, 6.45) is -3.01. The first-order chi connectivity index (χ1) is 11.0. The molecule has 0 aromatic rings. The van der Waals surface area contributed by atoms with Crippen LogP contribution in [0.25, 0.3) is 0 Å². The van der Waals surface area contributed by atoms with Gasteiger partial charge < -0.3 is 36.6 Å². The van der Waals surface area contributed by atoms with E-state index >= 15 is 0 Å². The third-order valence-corrected chi connectivity index (χ3v) is 2.80. The molecule has 0 aliphatic carbocycles. The Kier molecular flexibility index (Phi) is 8.61. The Balaban J connectivity index is 4.66. The molecule has 3 unspecified atom stereocenters. The van der Waals surface area contributed by atoms with Crippen molar-refractivity contribution in [3.63, 3.8) is 0 Å². The van der Waals surface area contributed by atoms with E-state index in [4.69, 9.17) is 15.3 Å². The van der Waals surface area contributed by atoms with Gasteiger partial charge >= 0.3 is 18.2 Å². The zero-order valence-electron chi connectivity index (χ0n) is 13.0. The molecule has 24 heavy (non-hydrogen) atoms. The van der Waals surface area contributed by atoms with E-state index in [2.05, 4.69) is 10.6 Å². The number of carbonyl (C=O) groups excluding carboxylic acids is 2. The summed E-state index contributed by atoms with van der Waals surface area (Å²) in [6.45, 7) is 2.33. The molecular weight excluding hydrogens is 328 g/mol. The van der Waals surface area contributed by atoms with E-state index in [0.29, 0.717) is 0 Å². The van der Waals surface area contributed by atoms with E-state index in [1.807, 2.05) is 10.6 Å². The number of carboxylic acids is 1. The van der Waals surface area contributed by atoms with Crippen molar-refractivity contribution in [1.82, 2.24) is 21.3 Å². The minimum Gasteiger partial charge on any atom is -0.480 e. The summed E-state index contributed by atoms with van der Waals surface area (Å²) >= 11 is 0. The van der Waals surface area contributed by atoms with Crippen molar-refractivity contribution in [2.45, 2.75) is 38.4 Å². The Morgan fingerprint density at radius 2 is 1.33 bits per heavy atom. The highest BCUT2D eigenvalue weighted by Gasteiger charge is 2.25. The summed E-state index contributed by atoms with van der Waals surface area (Å²) in [7, 11) is 0. The monoisotopic (exact) mass is 348 g/mol. The van der Waals surface area contributed by atoms with Crippen molar-refractivity contribution in [2.75, 3.05) is 6.54 Å². The summed E-state index contributed by atoms with van der Waals surface area (Å²) in [5.74, 6) is -2.88. The smallest absolute Gasteiger partial charge is 0.405 e. The summed E-state index contributed by atoms with van der Waals surface area (Å²) in [5, 5.41) is 34.1. The third-order valence-electron chi connectivity index (χ3n) is 2.80. The predicted molar refractivity (Wildman–Crippen MR) is 78.4 cm³/mol. The standard InChI is InChI=1S/C12H20N4O8/c1-5(8(17)15-6(2)10(19)20)14-9(18)7(16-12(23)24)3-4-13-11(21)22/h5-7,13,16H,3-4H2,1-2H3,(H,14,18)(H,15,17)(H,19,20)(H,21,22)(H,23,24). The number of carbonyl (C=O) groups is 5. The lowest BCUT2D eigenvalue weighted by Crippen LogP contribution is -2.54. The highest BCUT2D eigenvalue weighted by atomic mass is 16.4. The molecule has 0 fully saturated rings. The molecular formula is C12H20N4O8. The van der Waals surface area contributed by atoms with E-state index in [1.165, 1.54) is 13.8 Å². The number of aliphatic carboxylic acids is 1. The Morgan fingerprint density at radius 1 is 0.792 bits per heavy atom. The molecule has 3 atom stereocenters. The SMILES string of the molecule is CC(NC(=O)C(C)NC(=O)C(CCNC(=O)O)NC(=O)O)C(=O)O. The van der Waals surface area contributed by atoms with Gasteiger partial charge in [-0.2, -0.15) is 0 Å². The second-order valence-electron chi connectivity index (χ2n) is 4.82. The summed E-state index contributed by atoms with van der Waals surface area (Å²) in [4.78, 5) is 55.4. The van der Waals surface area contributed by atoms with Gasteiger partial charge in [-0.1, -0.05) is 0 Å². The first-order valence-electron chi connectivity index (χ1n) is 6.84. The lowest BCUT2D eigenvalue weighted by molar-refractivity contribution is -0.141. The number of rotatable bonds is 9. The Labute approximate surface area is 136 Å². The molecule has 0 saturated carbocycles. The molecule has 0 spiro atoms. The van der Waals surface area contributed by atoms with Gasteiger partial charge in [0.25, 0.3) is 0 Å². The van der Waals surface area contributed by atoms with Crippen LogP contribution in [0.5, 0.6) is 0 Å². The molecule has 0 aliphatic heterocycles. The number of nitrogens with one attached hydrogen (secondary N) is 4. The Bertz CT molecular complexity index is 509. The summed E-state index contributed by atoms with van der Waals surface area (Å²) < 4.78 is 0. The topological polar surface area (TPSA) is 194 Å². The van der Waals surface area contributed by atoms with Gasteiger partial charge in [0.05, 0.1) is 0 Å². The first kappa shape index (κ1) is 20.9. The fraction of sp³-hybridized carbons (Fsp3) is 0.583. The Hall–Kier alpha value is -3.05. The second-order valence-corrected chi connectivity index (χ2v) is 4.82. The quantitative estimate of drug-likeness (QED) is 0.258. The Morgan fingerprint density at radius 3 is 1.79 bits per heavy atom. The molecule has 0 aromatic heterocycles. The first-order valence-corrected chi connectivity index (χ1v) is 6.84. The minimum atomic E-state index is -1.50. The van der Waals surface area contributed by atoms with Crippen LogP contribution < -0.4 is 21.3 Å². The van der Waals surface area contributed by atoms with Crippen LogP contribution in [0.1, 0.15) is 20.3 Å². The van der Waals surface area contributed by atoms with Crippen molar-refractivity contribution >= 4 is 30.0 Å². The zero-order chi connectivity index (χ0) is 18.9. The van der Waals surface area contributed by atoms with Gasteiger partial charge in [-0.15, -0.1) is 0 Å². The van der Waals surface area contributed by atoms with Crippen LogP contribution in [-0.2, 0) is 14.4 Å². The normalized spacial score (nSPS) is 13.8. The molecule has 0 rings (SSSR count). The lowest BCUT2D eigenvalue weighted by Gasteiger charge is -2.20. The largest absolute Gasteiger partial charge is 0.480 e. The van der Waals surface area contributed by atoms with Crippen molar-refractivity contribution in [1.29, 1.82) is 0 Å². The third kappa shape index (κ3) is 8.41. The average Bonchev–Trinajstić information content (AvgIpc) is 2.44. The summed E-state index contributed by atoms with van der Waals surface area (Å²) in [5.41, 5.74) is 0. The van der Waals surface area contributed by atoms with Crippen LogP contribution in [0.3, 0.4) is 0 Å². The van der Waals surface area contributed by atoms with Crippen molar-refractivity contribution in [2.24, 2.45) is 0 Å². The molecule has 12 heteroatoms. The summed E-state index contributed by atoms with van der Waals surface area (Å²) in [6, 6.07) is -3.57. The van der Waals surface area contributed by atoms with Crippen LogP contribution in [0.2, 0.25) is 0 Å². The van der Waals surface area contributed by atoms with Gasteiger partial charge in [0.15, 0.2) is 0 Å². The fourth-order valence-electron chi connectivity index (χ4n) is 1.52. The minimum absolute atomic E-state index is 0.176. The molecule has 12 nitrogen and oxygen atoms in total. The van der Waals surface area contributed by atoms with Gasteiger partial charge in [0.1, 0.15) is 18.1 Å². The zero-order valence-corrected chi connectivity index (χ0v) is 13.0. The maximum Gasteiger partial charge on any atom is 0.405 e. The maximum atomic E-state index is 12.0. The van der Waals surface area contributed by atoms with Gasteiger partial charge in [0.2, 0.25) is 11.8 Å². The fourth-order valence-corrected chi connectivity index (χ4v) is 1.52. The van der Waals surface area contributed by atoms with Crippen molar-refractivity contribution in [3.8, 4) is 0 Å². The number of amides is 4. The van der Waals surface area contributed by atoms with Gasteiger partial charge in [0, 0.05) is 6.54 Å². The van der Waals surface area contributed by atoms with E-state index in [-0.39, 0.29) is 13.0 Å². The highest BCUT2D eigenvalue weighted by molar-refractivity contribution is 5.92. The van der Waals surface area contributed by atoms with E-state index in [0.717, 1.165) is 0 Å². The number of hydrogen-bond acceptors (Lipinski definition) is 5. The molecule has 0 aromatic carbocycles. The predicted octanol–water partition coefficient (Wildman–Crippen LogP) is -1.63. The van der Waals surface area contributed by atoms with Crippen molar-refractivity contribution < 1.29 is 39.3 Å². The number of carboxylic acid groups (broad SMARTS) is 3. The average molecular weight is 348 g/mol. The highest BCUT2D eigenvalue weighted by Crippen LogP contribution is 1.95. The van der Waals surface area contributed by atoms with Gasteiger partial charge in [-0.05, 0) is 20.3 Å². The van der Waals surface area contributed by atoms with Gasteiger partial charge in [-0.25, -0.2) is 9.59 Å². The van der Waals surface area contributed by atoms with Crippen LogP contribution >= 0.6 is 0 Å². The van der Waals surface area contributed by atoms with Crippen LogP contribution in [0.4, 0.5) is 9.59 Å². The molecule has 0 radical (unpaired) electrons. The van der Waals surface area contributed by atoms with E-state index < -0.39 is 48.1 Å². The molecule has 0 heterocycles. The van der Waals surface area contributed by atoms with E-state index in [9.17, 15) is 24.0 Å². The molecule has 0 bridgehead atoms. The van der Waals surface area contributed by atoms with Crippen LogP contribution in [-0.4, -0.2) is 70.0 Å².